The molecule has 1 heterocycles. The molecule has 21 heavy (non-hydrogen) atoms. The van der Waals surface area contributed by atoms with Gasteiger partial charge in [0.1, 0.15) is 17.2 Å². The number of hydrogen-bond acceptors (Lipinski definition) is 4. The minimum atomic E-state index is -0.873. The van der Waals surface area contributed by atoms with E-state index in [1.165, 1.54) is 0 Å². The second kappa shape index (κ2) is 5.64. The van der Waals surface area contributed by atoms with E-state index in [0.717, 1.165) is 10.8 Å². The third-order valence-corrected chi connectivity index (χ3v) is 3.06. The van der Waals surface area contributed by atoms with Gasteiger partial charge in [0.2, 0.25) is 0 Å². The average Bonchev–Trinajstić information content (AvgIpc) is 2.43. The molecule has 1 aromatic heterocycles. The molecule has 1 unspecified atom stereocenters. The van der Waals surface area contributed by atoms with Crippen molar-refractivity contribution in [1.29, 1.82) is 0 Å². The number of nitrogens with zero attached hydrogens (tertiary/aromatic N) is 1. The molecule has 0 aliphatic heterocycles. The summed E-state index contributed by atoms with van der Waals surface area (Å²) in [5, 5.41) is 1.67. The van der Waals surface area contributed by atoms with Crippen LogP contribution in [0, 0.1) is 5.92 Å². The summed E-state index contributed by atoms with van der Waals surface area (Å²) in [5.74, 6) is -1.72. The largest absolute Gasteiger partial charge is 0.459 e. The monoisotopic (exact) mass is 285 g/mol. The van der Waals surface area contributed by atoms with Crippen LogP contribution in [0.2, 0.25) is 0 Å². The number of fused-ring (bicyclic) bond motifs is 1. The van der Waals surface area contributed by atoms with Gasteiger partial charge in [-0.05, 0) is 39.1 Å². The van der Waals surface area contributed by atoms with Gasteiger partial charge in [-0.2, -0.15) is 0 Å². The van der Waals surface area contributed by atoms with Gasteiger partial charge in [-0.3, -0.25) is 14.6 Å². The highest BCUT2D eigenvalue weighted by Gasteiger charge is 2.29. The Morgan fingerprint density at radius 3 is 2.48 bits per heavy atom. The minimum absolute atomic E-state index is 0.312. The highest BCUT2D eigenvalue weighted by molar-refractivity contribution is 6.13. The second-order valence-electron chi connectivity index (χ2n) is 6.00. The van der Waals surface area contributed by atoms with E-state index < -0.39 is 17.5 Å². The van der Waals surface area contributed by atoms with Gasteiger partial charge in [-0.15, -0.1) is 0 Å². The number of aromatic nitrogens is 1. The fourth-order valence-corrected chi connectivity index (χ4v) is 2.02. The molecular weight excluding hydrogens is 266 g/mol. The van der Waals surface area contributed by atoms with Crippen LogP contribution in [0.3, 0.4) is 0 Å². The van der Waals surface area contributed by atoms with Crippen LogP contribution >= 0.6 is 0 Å². The Kier molecular flexibility index (Phi) is 4.07. The zero-order valence-electron chi connectivity index (χ0n) is 12.7. The summed E-state index contributed by atoms with van der Waals surface area (Å²) in [6, 6.07) is 9.32. The Balaban J connectivity index is 2.32. The van der Waals surface area contributed by atoms with E-state index in [1.807, 2.05) is 30.3 Å². The fraction of sp³-hybridized carbons (Fsp3) is 0.353. The molecule has 4 nitrogen and oxygen atoms in total. The first-order chi connectivity index (χ1) is 9.79. The summed E-state index contributed by atoms with van der Waals surface area (Å²) in [6.45, 7) is 6.88. The summed E-state index contributed by atoms with van der Waals surface area (Å²) in [4.78, 5) is 28.7. The number of Topliss-reactive ketones (excluding diaryl/α,β-unsaturated/α-hetero) is 1. The second-order valence-corrected chi connectivity index (χ2v) is 6.00. The van der Waals surface area contributed by atoms with E-state index in [-0.39, 0.29) is 5.78 Å². The number of esters is 1. The first-order valence-electron chi connectivity index (χ1n) is 6.90. The van der Waals surface area contributed by atoms with E-state index in [9.17, 15) is 9.59 Å². The van der Waals surface area contributed by atoms with Crippen molar-refractivity contribution in [2.45, 2.75) is 33.3 Å². The number of hydrogen-bond donors (Lipinski definition) is 0. The SMILES string of the molecule is CC(C(=O)OC(C)(C)C)C(=O)c1nccc2ccccc12. The molecule has 1 atom stereocenters. The van der Waals surface area contributed by atoms with Crippen molar-refractivity contribution in [3.63, 3.8) is 0 Å². The molecule has 0 saturated carbocycles. The van der Waals surface area contributed by atoms with Crippen molar-refractivity contribution in [2.24, 2.45) is 5.92 Å². The fourth-order valence-electron chi connectivity index (χ4n) is 2.02. The summed E-state index contributed by atoms with van der Waals surface area (Å²) in [7, 11) is 0. The van der Waals surface area contributed by atoms with Crippen LogP contribution in [-0.4, -0.2) is 22.3 Å². The number of ketones is 1. The Morgan fingerprint density at radius 1 is 1.14 bits per heavy atom. The van der Waals surface area contributed by atoms with Gasteiger partial charge in [0.05, 0.1) is 0 Å². The molecule has 4 heteroatoms. The molecule has 0 bridgehead atoms. The van der Waals surface area contributed by atoms with Crippen molar-refractivity contribution in [2.75, 3.05) is 0 Å². The maximum absolute atomic E-state index is 12.5. The van der Waals surface area contributed by atoms with Crippen LogP contribution in [0.25, 0.3) is 10.8 Å². The topological polar surface area (TPSA) is 56.3 Å². The molecule has 0 radical (unpaired) electrons. The minimum Gasteiger partial charge on any atom is -0.459 e. The summed E-state index contributed by atoms with van der Waals surface area (Å²) in [6.07, 6.45) is 1.58. The Bertz CT molecular complexity index is 680. The number of carbonyl (C=O) groups is 2. The van der Waals surface area contributed by atoms with Crippen molar-refractivity contribution < 1.29 is 14.3 Å². The molecule has 2 rings (SSSR count). The van der Waals surface area contributed by atoms with Gasteiger partial charge in [-0.25, -0.2) is 0 Å². The molecule has 0 aliphatic rings. The van der Waals surface area contributed by atoms with E-state index in [0.29, 0.717) is 5.69 Å². The first-order valence-corrected chi connectivity index (χ1v) is 6.90. The molecule has 0 aliphatic carbocycles. The van der Waals surface area contributed by atoms with Gasteiger partial charge in [0.25, 0.3) is 0 Å². The molecule has 2 aromatic rings. The zero-order chi connectivity index (χ0) is 15.6. The van der Waals surface area contributed by atoms with Crippen molar-refractivity contribution in [3.8, 4) is 0 Å². The van der Waals surface area contributed by atoms with E-state index >= 15 is 0 Å². The molecule has 0 fully saturated rings. The van der Waals surface area contributed by atoms with Crippen LogP contribution in [0.1, 0.15) is 38.2 Å². The molecule has 0 N–H and O–H groups in total. The van der Waals surface area contributed by atoms with Crippen molar-refractivity contribution in [3.05, 3.63) is 42.2 Å². The Morgan fingerprint density at radius 2 is 1.81 bits per heavy atom. The Labute approximate surface area is 124 Å². The lowest BCUT2D eigenvalue weighted by Crippen LogP contribution is -2.31. The van der Waals surface area contributed by atoms with E-state index in [1.54, 1.807) is 33.9 Å². The number of ether oxygens (including phenoxy) is 1. The predicted molar refractivity (Wildman–Crippen MR) is 81.1 cm³/mol. The molecule has 0 spiro atoms. The first kappa shape index (κ1) is 15.2. The lowest BCUT2D eigenvalue weighted by Gasteiger charge is -2.21. The van der Waals surface area contributed by atoms with Gasteiger partial charge in [-0.1, -0.05) is 24.3 Å². The maximum Gasteiger partial charge on any atom is 0.317 e. The van der Waals surface area contributed by atoms with Crippen LogP contribution in [-0.2, 0) is 9.53 Å². The highest BCUT2D eigenvalue weighted by Crippen LogP contribution is 2.21. The normalized spacial score (nSPS) is 13.0. The van der Waals surface area contributed by atoms with E-state index in [4.69, 9.17) is 4.74 Å². The van der Waals surface area contributed by atoms with Crippen LogP contribution in [0.5, 0.6) is 0 Å². The zero-order valence-corrected chi connectivity index (χ0v) is 12.7. The van der Waals surface area contributed by atoms with Crippen LogP contribution in [0.15, 0.2) is 36.5 Å². The van der Waals surface area contributed by atoms with Crippen LogP contribution in [0.4, 0.5) is 0 Å². The molecule has 0 amide bonds. The lowest BCUT2D eigenvalue weighted by molar-refractivity contribution is -0.157. The highest BCUT2D eigenvalue weighted by atomic mass is 16.6. The van der Waals surface area contributed by atoms with Crippen molar-refractivity contribution in [1.82, 2.24) is 4.98 Å². The number of benzene rings is 1. The smallest absolute Gasteiger partial charge is 0.317 e. The maximum atomic E-state index is 12.5. The third-order valence-electron chi connectivity index (χ3n) is 3.06. The van der Waals surface area contributed by atoms with Crippen molar-refractivity contribution >= 4 is 22.5 Å². The lowest BCUT2D eigenvalue weighted by atomic mass is 9.99. The van der Waals surface area contributed by atoms with Crippen LogP contribution < -0.4 is 0 Å². The Hall–Kier alpha value is -2.23. The van der Waals surface area contributed by atoms with Gasteiger partial charge >= 0.3 is 5.97 Å². The number of pyridine rings is 1. The average molecular weight is 285 g/mol. The summed E-state index contributed by atoms with van der Waals surface area (Å²) in [5.41, 5.74) is -0.302. The predicted octanol–water partition coefficient (Wildman–Crippen LogP) is 3.40. The van der Waals surface area contributed by atoms with Gasteiger partial charge < -0.3 is 4.74 Å². The molecule has 110 valence electrons. The standard InChI is InChI=1S/C17H19NO3/c1-11(16(20)21-17(2,3)4)15(19)14-13-8-6-5-7-12(13)9-10-18-14/h5-11H,1-4H3. The van der Waals surface area contributed by atoms with E-state index in [2.05, 4.69) is 4.98 Å². The van der Waals surface area contributed by atoms with Gasteiger partial charge in [0, 0.05) is 11.6 Å². The quantitative estimate of drug-likeness (QED) is 0.493. The number of carbonyl (C=O) groups excluding carboxylic acids is 2. The number of rotatable bonds is 3. The molecule has 1 aromatic carbocycles. The molecular formula is C17H19NO3. The summed E-state index contributed by atoms with van der Waals surface area (Å²) < 4.78 is 5.27. The molecule has 0 saturated heterocycles. The summed E-state index contributed by atoms with van der Waals surface area (Å²) >= 11 is 0. The van der Waals surface area contributed by atoms with Gasteiger partial charge in [0.15, 0.2) is 5.78 Å². The third kappa shape index (κ3) is 3.45.